The lowest BCUT2D eigenvalue weighted by atomic mass is 9.75. The zero-order chi connectivity index (χ0) is 27.0. The maximum absolute atomic E-state index is 13.4. The Morgan fingerprint density at radius 3 is 2.55 bits per heavy atom. The lowest BCUT2D eigenvalue weighted by molar-refractivity contribution is -0.120. The van der Waals surface area contributed by atoms with Crippen molar-refractivity contribution in [2.24, 2.45) is 5.92 Å². The average molecular weight is 533 g/mol. The monoisotopic (exact) mass is 532 g/mol. The van der Waals surface area contributed by atoms with Crippen molar-refractivity contribution in [1.82, 2.24) is 9.97 Å². The van der Waals surface area contributed by atoms with Crippen LogP contribution >= 0.6 is 11.6 Å². The Balaban J connectivity index is 1.32. The van der Waals surface area contributed by atoms with E-state index in [1.807, 2.05) is 44.3 Å². The number of carbonyl (C=O) groups excluding carboxylic acids is 1. The third-order valence-electron chi connectivity index (χ3n) is 7.95. The van der Waals surface area contributed by atoms with E-state index in [-0.39, 0.29) is 30.0 Å². The Labute approximate surface area is 230 Å². The highest BCUT2D eigenvalue weighted by Crippen LogP contribution is 2.42. The van der Waals surface area contributed by atoms with Crippen LogP contribution in [0, 0.1) is 12.8 Å². The van der Waals surface area contributed by atoms with Crippen molar-refractivity contribution < 1.29 is 9.53 Å². The summed E-state index contributed by atoms with van der Waals surface area (Å²) in [6.45, 7) is 12.1. The van der Waals surface area contributed by atoms with Gasteiger partial charge in [0, 0.05) is 47.6 Å². The third-order valence-corrected chi connectivity index (χ3v) is 8.28. The molecular formula is C31H37ClN4O2. The van der Waals surface area contributed by atoms with E-state index in [0.717, 1.165) is 54.3 Å². The van der Waals surface area contributed by atoms with Gasteiger partial charge in [-0.3, -0.25) is 14.8 Å². The summed E-state index contributed by atoms with van der Waals surface area (Å²) < 4.78 is 5.86. The number of nitrogens with one attached hydrogen (secondary N) is 1. The van der Waals surface area contributed by atoms with Crippen molar-refractivity contribution in [1.29, 1.82) is 0 Å². The van der Waals surface area contributed by atoms with Gasteiger partial charge in [0.05, 0.1) is 34.8 Å². The molecule has 0 unspecified atom stereocenters. The molecule has 1 saturated heterocycles. The zero-order valence-electron chi connectivity index (χ0n) is 22.9. The van der Waals surface area contributed by atoms with Crippen LogP contribution in [0.2, 0.25) is 5.02 Å². The second-order valence-electron chi connectivity index (χ2n) is 11.0. The van der Waals surface area contributed by atoms with E-state index >= 15 is 0 Å². The lowest BCUT2D eigenvalue weighted by Gasteiger charge is -2.36. The average Bonchev–Trinajstić information content (AvgIpc) is 2.89. The van der Waals surface area contributed by atoms with Gasteiger partial charge in [0.1, 0.15) is 0 Å². The Bertz CT molecular complexity index is 1300. The van der Waals surface area contributed by atoms with Gasteiger partial charge in [0.25, 0.3) is 0 Å². The summed E-state index contributed by atoms with van der Waals surface area (Å²) in [5.41, 5.74) is 6.69. The number of amides is 1. The van der Waals surface area contributed by atoms with E-state index in [4.69, 9.17) is 26.3 Å². The number of hydrogen-bond acceptors (Lipinski definition) is 5. The maximum Gasteiger partial charge on any atom is 0.227 e. The van der Waals surface area contributed by atoms with E-state index in [9.17, 15) is 4.79 Å². The van der Waals surface area contributed by atoms with Crippen LogP contribution in [0.25, 0.3) is 11.3 Å². The Morgan fingerprint density at radius 1 is 1.08 bits per heavy atom. The van der Waals surface area contributed by atoms with Crippen molar-refractivity contribution in [2.75, 3.05) is 23.3 Å². The quantitative estimate of drug-likeness (QED) is 0.384. The first kappa shape index (κ1) is 26.6. The molecule has 1 amide bonds. The largest absolute Gasteiger partial charge is 0.372 e. The van der Waals surface area contributed by atoms with Crippen LogP contribution in [0.1, 0.15) is 69.3 Å². The molecule has 1 fully saturated rings. The van der Waals surface area contributed by atoms with Gasteiger partial charge in [-0.1, -0.05) is 31.5 Å². The normalized spacial score (nSPS) is 24.0. The molecule has 0 bridgehead atoms. The van der Waals surface area contributed by atoms with Gasteiger partial charge in [-0.05, 0) is 81.5 Å². The van der Waals surface area contributed by atoms with Crippen molar-refractivity contribution in [3.05, 3.63) is 70.6 Å². The van der Waals surface area contributed by atoms with Crippen molar-refractivity contribution in [3.63, 3.8) is 0 Å². The molecule has 0 saturated carbocycles. The summed E-state index contributed by atoms with van der Waals surface area (Å²) in [5, 5.41) is 3.73. The molecular weight excluding hydrogens is 496 g/mol. The third kappa shape index (κ3) is 5.57. The second-order valence-corrected chi connectivity index (χ2v) is 11.5. The fourth-order valence-electron chi connectivity index (χ4n) is 5.87. The molecule has 2 aliphatic rings. The summed E-state index contributed by atoms with van der Waals surface area (Å²) in [4.78, 5) is 25.3. The Hall–Kier alpha value is -2.96. The van der Waals surface area contributed by atoms with Crippen LogP contribution in [0.4, 0.5) is 11.4 Å². The number of anilines is 2. The van der Waals surface area contributed by atoms with E-state index in [1.54, 1.807) is 0 Å². The van der Waals surface area contributed by atoms with Gasteiger partial charge in [0.2, 0.25) is 5.91 Å². The standard InChI is InChI=1S/C31H37ClN4O2/c1-18-6-10-26(30-25(18)11-7-19(2)34-30)22(5)31(37)35-23-8-12-28(32)27(14-23)29-13-9-24(15-33-29)36-16-20(3)38-21(4)17-36/h7-9,11-15,18,20-22,26H,6,10,16-17H2,1-5H3,(H,35,37)/t18-,20-,21+,22-,26+/m1/s1. The first-order valence-electron chi connectivity index (χ1n) is 13.6. The number of nitrogens with zero attached hydrogens (tertiary/aromatic N) is 3. The van der Waals surface area contributed by atoms with Crippen LogP contribution in [0.15, 0.2) is 48.7 Å². The summed E-state index contributed by atoms with van der Waals surface area (Å²) in [6.07, 6.45) is 4.28. The summed E-state index contributed by atoms with van der Waals surface area (Å²) >= 11 is 6.58. The number of morpholine rings is 1. The van der Waals surface area contributed by atoms with Crippen molar-refractivity contribution >= 4 is 28.9 Å². The molecule has 1 aromatic carbocycles. The summed E-state index contributed by atoms with van der Waals surface area (Å²) in [7, 11) is 0. The molecule has 0 radical (unpaired) electrons. The second kappa shape index (κ2) is 11.0. The number of carbonyl (C=O) groups is 1. The number of rotatable bonds is 5. The topological polar surface area (TPSA) is 67.4 Å². The van der Waals surface area contributed by atoms with E-state index in [2.05, 4.69) is 49.2 Å². The molecule has 1 aliphatic heterocycles. The molecule has 6 nitrogen and oxygen atoms in total. The first-order chi connectivity index (χ1) is 18.2. The first-order valence-corrected chi connectivity index (χ1v) is 14.0. The van der Waals surface area contributed by atoms with Gasteiger partial charge >= 0.3 is 0 Å². The fourth-order valence-corrected chi connectivity index (χ4v) is 6.08. The van der Waals surface area contributed by atoms with Crippen LogP contribution in [0.3, 0.4) is 0 Å². The van der Waals surface area contributed by atoms with Crippen LogP contribution in [-0.4, -0.2) is 41.2 Å². The number of aromatic nitrogens is 2. The number of hydrogen-bond donors (Lipinski definition) is 1. The molecule has 5 rings (SSSR count). The molecule has 1 aliphatic carbocycles. The SMILES string of the molecule is Cc1ccc2c(n1)[C@H]([C@@H](C)C(=O)Nc1ccc(Cl)c(-c3ccc(N4C[C@@H](C)O[C@@H](C)C4)cn3)c1)CC[C@H]2C. The molecule has 2 aromatic heterocycles. The van der Waals surface area contributed by atoms with E-state index < -0.39 is 0 Å². The molecule has 3 aromatic rings. The number of halogens is 1. The molecule has 200 valence electrons. The van der Waals surface area contributed by atoms with Gasteiger partial charge in [-0.25, -0.2) is 0 Å². The van der Waals surface area contributed by atoms with Gasteiger partial charge in [0.15, 0.2) is 0 Å². The lowest BCUT2D eigenvalue weighted by Crippen LogP contribution is -2.45. The highest BCUT2D eigenvalue weighted by molar-refractivity contribution is 6.33. The van der Waals surface area contributed by atoms with Gasteiger partial charge in [-0.15, -0.1) is 0 Å². The Kier molecular flexibility index (Phi) is 7.73. The molecule has 1 N–H and O–H groups in total. The number of benzene rings is 1. The number of aryl methyl sites for hydroxylation is 1. The van der Waals surface area contributed by atoms with Crippen LogP contribution in [0.5, 0.6) is 0 Å². The predicted octanol–water partition coefficient (Wildman–Crippen LogP) is 6.97. The Morgan fingerprint density at radius 2 is 1.84 bits per heavy atom. The van der Waals surface area contributed by atoms with Gasteiger partial charge in [-0.2, -0.15) is 0 Å². The fraction of sp³-hybridized carbons (Fsp3) is 0.452. The number of ether oxygens (including phenoxy) is 1. The molecule has 7 heteroatoms. The van der Waals surface area contributed by atoms with Crippen LogP contribution < -0.4 is 10.2 Å². The highest BCUT2D eigenvalue weighted by atomic mass is 35.5. The molecule has 3 heterocycles. The predicted molar refractivity (Wildman–Crippen MR) is 154 cm³/mol. The van der Waals surface area contributed by atoms with Gasteiger partial charge < -0.3 is 15.0 Å². The minimum absolute atomic E-state index is 0.00838. The number of fused-ring (bicyclic) bond motifs is 1. The molecule has 38 heavy (non-hydrogen) atoms. The number of pyridine rings is 2. The highest BCUT2D eigenvalue weighted by Gasteiger charge is 2.33. The van der Waals surface area contributed by atoms with E-state index in [0.29, 0.717) is 16.6 Å². The molecule has 5 atom stereocenters. The molecule has 0 spiro atoms. The minimum Gasteiger partial charge on any atom is -0.372 e. The van der Waals surface area contributed by atoms with Crippen molar-refractivity contribution in [2.45, 2.75) is 71.5 Å². The van der Waals surface area contributed by atoms with Crippen LogP contribution in [-0.2, 0) is 9.53 Å². The zero-order valence-corrected chi connectivity index (χ0v) is 23.6. The minimum atomic E-state index is -0.203. The van der Waals surface area contributed by atoms with E-state index in [1.165, 1.54) is 5.56 Å². The maximum atomic E-state index is 13.4. The summed E-state index contributed by atoms with van der Waals surface area (Å²) in [6, 6.07) is 13.9. The summed E-state index contributed by atoms with van der Waals surface area (Å²) in [5.74, 6) is 0.362. The smallest absolute Gasteiger partial charge is 0.227 e. The van der Waals surface area contributed by atoms with Crippen molar-refractivity contribution in [3.8, 4) is 11.3 Å².